The van der Waals surface area contributed by atoms with Crippen LogP contribution in [0.3, 0.4) is 0 Å². The Bertz CT molecular complexity index is 380. The predicted molar refractivity (Wildman–Crippen MR) is 73.0 cm³/mol. The molecule has 0 aromatic heterocycles. The normalized spacial score (nSPS) is 13.4. The lowest BCUT2D eigenvalue weighted by atomic mass is 9.88. The van der Waals surface area contributed by atoms with Crippen molar-refractivity contribution in [3.8, 4) is 11.5 Å². The van der Waals surface area contributed by atoms with Gasteiger partial charge in [-0.05, 0) is 43.4 Å². The highest BCUT2D eigenvalue weighted by molar-refractivity contribution is 5.42. The van der Waals surface area contributed by atoms with Crippen LogP contribution in [0.25, 0.3) is 0 Å². The molecule has 102 valence electrons. The van der Waals surface area contributed by atoms with Gasteiger partial charge in [0.25, 0.3) is 0 Å². The molecule has 0 fully saturated rings. The molecule has 0 heterocycles. The molecule has 1 aromatic rings. The van der Waals surface area contributed by atoms with Crippen LogP contribution in [0.4, 0.5) is 0 Å². The minimum atomic E-state index is -0.352. The van der Waals surface area contributed by atoms with Crippen molar-refractivity contribution in [2.24, 2.45) is 5.41 Å². The van der Waals surface area contributed by atoms with E-state index in [-0.39, 0.29) is 17.5 Å². The van der Waals surface area contributed by atoms with Crippen molar-refractivity contribution in [1.29, 1.82) is 0 Å². The van der Waals surface area contributed by atoms with Crippen molar-refractivity contribution in [3.63, 3.8) is 0 Å². The number of hydrogen-bond acceptors (Lipinski definition) is 3. The average molecular weight is 252 g/mol. The van der Waals surface area contributed by atoms with E-state index in [4.69, 9.17) is 9.47 Å². The molecule has 1 unspecified atom stereocenters. The molecule has 0 bridgehead atoms. The fourth-order valence-corrected chi connectivity index (χ4v) is 1.83. The van der Waals surface area contributed by atoms with Crippen LogP contribution in [0.15, 0.2) is 18.2 Å². The highest BCUT2D eigenvalue weighted by atomic mass is 16.7. The second-order valence-corrected chi connectivity index (χ2v) is 5.68. The SMILES string of the molecule is CCOC(C)Oc1ccc(CC(C)(C)C)cc1O. The summed E-state index contributed by atoms with van der Waals surface area (Å²) in [7, 11) is 0. The highest BCUT2D eigenvalue weighted by Gasteiger charge is 2.14. The summed E-state index contributed by atoms with van der Waals surface area (Å²) >= 11 is 0. The van der Waals surface area contributed by atoms with E-state index in [9.17, 15) is 5.11 Å². The quantitative estimate of drug-likeness (QED) is 0.811. The van der Waals surface area contributed by atoms with E-state index < -0.39 is 0 Å². The van der Waals surface area contributed by atoms with Crippen molar-refractivity contribution in [2.75, 3.05) is 6.61 Å². The van der Waals surface area contributed by atoms with Gasteiger partial charge < -0.3 is 14.6 Å². The maximum absolute atomic E-state index is 9.92. The van der Waals surface area contributed by atoms with Crippen LogP contribution >= 0.6 is 0 Å². The van der Waals surface area contributed by atoms with Gasteiger partial charge in [0, 0.05) is 6.61 Å². The molecule has 0 aliphatic rings. The van der Waals surface area contributed by atoms with Crippen LogP contribution in [-0.4, -0.2) is 18.0 Å². The molecule has 3 heteroatoms. The maximum atomic E-state index is 9.92. The lowest BCUT2D eigenvalue weighted by molar-refractivity contribution is -0.0623. The first-order valence-corrected chi connectivity index (χ1v) is 6.42. The lowest BCUT2D eigenvalue weighted by Gasteiger charge is -2.19. The van der Waals surface area contributed by atoms with Gasteiger partial charge in [-0.3, -0.25) is 0 Å². The van der Waals surface area contributed by atoms with Crippen molar-refractivity contribution in [1.82, 2.24) is 0 Å². The van der Waals surface area contributed by atoms with Crippen LogP contribution in [0, 0.1) is 5.41 Å². The van der Waals surface area contributed by atoms with Gasteiger partial charge in [0.05, 0.1) is 0 Å². The zero-order chi connectivity index (χ0) is 13.8. The summed E-state index contributed by atoms with van der Waals surface area (Å²) < 4.78 is 10.8. The van der Waals surface area contributed by atoms with Gasteiger partial charge in [0.1, 0.15) is 0 Å². The second kappa shape index (κ2) is 6.10. The highest BCUT2D eigenvalue weighted by Crippen LogP contribution is 2.30. The molecule has 0 aliphatic carbocycles. The summed E-state index contributed by atoms with van der Waals surface area (Å²) in [6, 6.07) is 5.55. The lowest BCUT2D eigenvalue weighted by Crippen LogP contribution is -2.16. The molecule has 18 heavy (non-hydrogen) atoms. The average Bonchev–Trinajstić information content (AvgIpc) is 2.20. The molecule has 1 aromatic carbocycles. The molecule has 1 N–H and O–H groups in total. The molecule has 1 atom stereocenters. The summed E-state index contributed by atoms with van der Waals surface area (Å²) in [5, 5.41) is 9.92. The number of ether oxygens (including phenoxy) is 2. The third kappa shape index (κ3) is 4.96. The molecule has 0 amide bonds. The van der Waals surface area contributed by atoms with E-state index in [1.54, 1.807) is 12.1 Å². The standard InChI is InChI=1S/C15H24O3/c1-6-17-11(2)18-14-8-7-12(9-13(14)16)10-15(3,4)5/h7-9,11,16H,6,10H2,1-5H3. The summed E-state index contributed by atoms with van der Waals surface area (Å²) in [5.74, 6) is 0.636. The van der Waals surface area contributed by atoms with Crippen LogP contribution < -0.4 is 4.74 Å². The third-order valence-corrected chi connectivity index (χ3v) is 2.45. The molecule has 0 aliphatic heterocycles. The molecule has 0 saturated heterocycles. The van der Waals surface area contributed by atoms with Crippen molar-refractivity contribution in [2.45, 2.75) is 47.3 Å². The van der Waals surface area contributed by atoms with Gasteiger partial charge in [0.2, 0.25) is 0 Å². The number of benzene rings is 1. The molecule has 0 saturated carbocycles. The molecule has 0 spiro atoms. The monoisotopic (exact) mass is 252 g/mol. The Labute approximate surface area is 110 Å². The minimum absolute atomic E-state index is 0.170. The van der Waals surface area contributed by atoms with Crippen LogP contribution in [0.5, 0.6) is 11.5 Å². The number of phenols is 1. The fourth-order valence-electron chi connectivity index (χ4n) is 1.83. The number of aromatic hydroxyl groups is 1. The van der Waals surface area contributed by atoms with Crippen molar-refractivity contribution < 1.29 is 14.6 Å². The Morgan fingerprint density at radius 3 is 2.44 bits per heavy atom. The van der Waals surface area contributed by atoms with Gasteiger partial charge in [-0.25, -0.2) is 0 Å². The number of rotatable bonds is 5. The topological polar surface area (TPSA) is 38.7 Å². The van der Waals surface area contributed by atoms with Crippen LogP contribution in [-0.2, 0) is 11.2 Å². The van der Waals surface area contributed by atoms with E-state index in [1.165, 1.54) is 0 Å². The second-order valence-electron chi connectivity index (χ2n) is 5.68. The van der Waals surface area contributed by atoms with Crippen molar-refractivity contribution >= 4 is 0 Å². The maximum Gasteiger partial charge on any atom is 0.197 e. The van der Waals surface area contributed by atoms with Gasteiger partial charge in [-0.2, -0.15) is 0 Å². The van der Waals surface area contributed by atoms with Crippen LogP contribution in [0.1, 0.15) is 40.2 Å². The van der Waals surface area contributed by atoms with E-state index in [0.29, 0.717) is 12.4 Å². The summed E-state index contributed by atoms with van der Waals surface area (Å²) in [6.45, 7) is 10.8. The Hall–Kier alpha value is -1.22. The Balaban J connectivity index is 2.73. The number of phenolic OH excluding ortho intramolecular Hbond substituents is 1. The summed E-state index contributed by atoms with van der Waals surface area (Å²) in [6.07, 6.45) is 0.566. The Kier molecular flexibility index (Phi) is 5.03. The largest absolute Gasteiger partial charge is 0.504 e. The van der Waals surface area contributed by atoms with Crippen molar-refractivity contribution in [3.05, 3.63) is 23.8 Å². The predicted octanol–water partition coefficient (Wildman–Crippen LogP) is 3.74. The summed E-state index contributed by atoms with van der Waals surface area (Å²) in [4.78, 5) is 0. The van der Waals surface area contributed by atoms with E-state index in [1.807, 2.05) is 19.9 Å². The van der Waals surface area contributed by atoms with E-state index in [0.717, 1.165) is 12.0 Å². The van der Waals surface area contributed by atoms with Gasteiger partial charge in [0.15, 0.2) is 17.8 Å². The Morgan fingerprint density at radius 2 is 1.94 bits per heavy atom. The van der Waals surface area contributed by atoms with Gasteiger partial charge >= 0.3 is 0 Å². The first kappa shape index (κ1) is 14.8. The molecular formula is C15H24O3. The zero-order valence-corrected chi connectivity index (χ0v) is 12.0. The van der Waals surface area contributed by atoms with Crippen LogP contribution in [0.2, 0.25) is 0 Å². The smallest absolute Gasteiger partial charge is 0.197 e. The summed E-state index contributed by atoms with van der Waals surface area (Å²) in [5.41, 5.74) is 1.31. The Morgan fingerprint density at radius 1 is 1.28 bits per heavy atom. The zero-order valence-electron chi connectivity index (χ0n) is 12.0. The molecule has 3 nitrogen and oxygen atoms in total. The molecule has 1 rings (SSSR count). The first-order chi connectivity index (χ1) is 8.31. The molecule has 0 radical (unpaired) electrons. The van der Waals surface area contributed by atoms with E-state index >= 15 is 0 Å². The number of hydrogen-bond donors (Lipinski definition) is 1. The van der Waals surface area contributed by atoms with Gasteiger partial charge in [-0.1, -0.05) is 26.8 Å². The minimum Gasteiger partial charge on any atom is -0.504 e. The fraction of sp³-hybridized carbons (Fsp3) is 0.600. The third-order valence-electron chi connectivity index (χ3n) is 2.45. The van der Waals surface area contributed by atoms with E-state index in [2.05, 4.69) is 20.8 Å². The first-order valence-electron chi connectivity index (χ1n) is 6.42. The molecular weight excluding hydrogens is 228 g/mol. The van der Waals surface area contributed by atoms with Gasteiger partial charge in [-0.15, -0.1) is 0 Å².